The third kappa shape index (κ3) is 47.3. The van der Waals surface area contributed by atoms with Crippen LogP contribution in [0.4, 0.5) is 8.44 Å². The van der Waals surface area contributed by atoms with E-state index in [4.69, 9.17) is 0 Å². The second-order valence-corrected chi connectivity index (χ2v) is 1.29. The Morgan fingerprint density at radius 1 is 1.00 bits per heavy atom. The molecule has 0 aromatic heterocycles. The van der Waals surface area contributed by atoms with Gasteiger partial charge in [-0.2, -0.15) is 13.5 Å². The van der Waals surface area contributed by atoms with E-state index >= 15 is 0 Å². The molecule has 0 heterocycles. The number of halogens is 3. The van der Waals surface area contributed by atoms with E-state index in [1.807, 2.05) is 0 Å². The van der Waals surface area contributed by atoms with Crippen LogP contribution in [-0.4, -0.2) is 22.0 Å². The quantitative estimate of drug-likeness (QED) is 0.526. The minimum atomic E-state index is -4.95. The molecule has 0 radical (unpaired) electrons. The second-order valence-electron chi connectivity index (χ2n) is 0.192. The summed E-state index contributed by atoms with van der Waals surface area (Å²) < 4.78 is 29.6. The van der Waals surface area contributed by atoms with Crippen LogP contribution >= 0.6 is 13.5 Å². The average Bonchev–Trinajstić information content (AvgIpc) is 0.811. The molecule has 0 aliphatic heterocycles. The standard InChI is InChI=1S/3FH.H2S.Sb/h3*1H;1H2;/q;;;;+3/p-3. The summed E-state index contributed by atoms with van der Waals surface area (Å²) in [7, 11) is 0. The topological polar surface area (TPSA) is 0 Å². The number of hydrogen-bond donors (Lipinski definition) is 0. The molecule has 5 heavy (non-hydrogen) atoms. The van der Waals surface area contributed by atoms with Gasteiger partial charge in [0.05, 0.1) is 0 Å². The summed E-state index contributed by atoms with van der Waals surface area (Å²) in [4.78, 5) is 0. The summed E-state index contributed by atoms with van der Waals surface area (Å²) >= 11 is -4.95. The number of hydrogen-bond acceptors (Lipinski definition) is 0. The zero-order valence-corrected chi connectivity index (χ0v) is 5.63. The molecule has 0 nitrogen and oxygen atoms in total. The fraction of sp³-hybridized carbons (Fsp3) is 0. The molecule has 0 spiro atoms. The summed E-state index contributed by atoms with van der Waals surface area (Å²) in [5, 5.41) is 0. The van der Waals surface area contributed by atoms with Gasteiger partial charge < -0.3 is 0 Å². The summed E-state index contributed by atoms with van der Waals surface area (Å²) in [6.45, 7) is 0. The molecule has 0 saturated carbocycles. The summed E-state index contributed by atoms with van der Waals surface area (Å²) in [5.74, 6) is 0. The van der Waals surface area contributed by atoms with Crippen molar-refractivity contribution in [3.8, 4) is 0 Å². The Labute approximate surface area is 44.2 Å². The molecule has 0 aliphatic carbocycles. The molecule has 0 atom stereocenters. The fourth-order valence-corrected chi connectivity index (χ4v) is 0. The van der Waals surface area contributed by atoms with Gasteiger partial charge in [0.1, 0.15) is 0 Å². The van der Waals surface area contributed by atoms with Crippen LogP contribution in [0.15, 0.2) is 0 Å². The van der Waals surface area contributed by atoms with E-state index in [2.05, 4.69) is 0 Å². The van der Waals surface area contributed by atoms with Gasteiger partial charge in [0.25, 0.3) is 0 Å². The zero-order valence-electron chi connectivity index (χ0n) is 2.08. The molecule has 0 aromatic rings. The van der Waals surface area contributed by atoms with Crippen LogP contribution in [0.2, 0.25) is 0 Å². The van der Waals surface area contributed by atoms with Crippen molar-refractivity contribution in [3.63, 3.8) is 0 Å². The van der Waals surface area contributed by atoms with E-state index in [0.29, 0.717) is 0 Å². The zero-order chi connectivity index (χ0) is 3.58. The van der Waals surface area contributed by atoms with E-state index in [0.717, 1.165) is 0 Å². The van der Waals surface area contributed by atoms with Gasteiger partial charge in [0.15, 0.2) is 0 Å². The van der Waals surface area contributed by atoms with Gasteiger partial charge in [-0.3, -0.25) is 0 Å². The third-order valence-corrected chi connectivity index (χ3v) is 0. The average molecular weight is 213 g/mol. The van der Waals surface area contributed by atoms with Crippen LogP contribution in [0.1, 0.15) is 0 Å². The third-order valence-electron chi connectivity index (χ3n) is 0. The van der Waals surface area contributed by atoms with Crippen LogP contribution in [-0.2, 0) is 0 Å². The van der Waals surface area contributed by atoms with Crippen LogP contribution in [0.5, 0.6) is 0 Å². The molecular formula is H2F3SSb. The second kappa shape index (κ2) is 4.96. The SMILES string of the molecule is S.[F][Sb]([F])[F]. The van der Waals surface area contributed by atoms with E-state index in [1.165, 1.54) is 0 Å². The first-order chi connectivity index (χ1) is 1.73. The number of rotatable bonds is 0. The van der Waals surface area contributed by atoms with Crippen molar-refractivity contribution in [1.29, 1.82) is 0 Å². The summed E-state index contributed by atoms with van der Waals surface area (Å²) in [5.41, 5.74) is 0. The van der Waals surface area contributed by atoms with E-state index in [-0.39, 0.29) is 13.5 Å². The van der Waals surface area contributed by atoms with Gasteiger partial charge in [-0.15, -0.1) is 0 Å². The van der Waals surface area contributed by atoms with Gasteiger partial charge in [0.2, 0.25) is 0 Å². The minimum absolute atomic E-state index is 0. The normalized spacial score (nSPS) is 7.20. The van der Waals surface area contributed by atoms with Gasteiger partial charge in [-0.1, -0.05) is 0 Å². The van der Waals surface area contributed by atoms with Crippen molar-refractivity contribution in [1.82, 2.24) is 0 Å². The Kier molecular flexibility index (Phi) is 9.27. The summed E-state index contributed by atoms with van der Waals surface area (Å²) in [6.07, 6.45) is 0. The van der Waals surface area contributed by atoms with Gasteiger partial charge >= 0.3 is 30.4 Å². The van der Waals surface area contributed by atoms with Crippen molar-refractivity contribution >= 4 is 35.4 Å². The Morgan fingerprint density at radius 3 is 1.00 bits per heavy atom. The van der Waals surface area contributed by atoms with Crippen molar-refractivity contribution in [2.45, 2.75) is 0 Å². The monoisotopic (exact) mass is 212 g/mol. The first kappa shape index (κ1) is 9.35. The first-order valence-electron chi connectivity index (χ1n) is 0.507. The molecule has 0 saturated heterocycles. The molecule has 0 unspecified atom stereocenters. The van der Waals surface area contributed by atoms with Gasteiger partial charge in [-0.25, -0.2) is 0 Å². The predicted octanol–water partition coefficient (Wildman–Crippen LogP) is 0.993. The molecule has 0 bridgehead atoms. The Morgan fingerprint density at radius 2 is 1.00 bits per heavy atom. The molecular weight excluding hydrogens is 211 g/mol. The first-order valence-corrected chi connectivity index (χ1v) is 3.40. The van der Waals surface area contributed by atoms with Crippen molar-refractivity contribution in [2.75, 3.05) is 0 Å². The maximum atomic E-state index is 9.85. The Balaban J connectivity index is 0. The molecule has 34 valence electrons. The molecule has 0 aromatic carbocycles. The molecule has 0 N–H and O–H groups in total. The van der Waals surface area contributed by atoms with Crippen LogP contribution in [0.3, 0.4) is 0 Å². The van der Waals surface area contributed by atoms with Gasteiger partial charge in [0, 0.05) is 0 Å². The Bertz CT molecular complexity index is 11.6. The molecule has 0 amide bonds. The molecule has 0 aliphatic rings. The summed E-state index contributed by atoms with van der Waals surface area (Å²) in [6, 6.07) is 0. The van der Waals surface area contributed by atoms with Gasteiger partial charge in [-0.05, 0) is 0 Å². The Hall–Kier alpha value is 0.958. The van der Waals surface area contributed by atoms with E-state index < -0.39 is 22.0 Å². The fourth-order valence-electron chi connectivity index (χ4n) is 0. The van der Waals surface area contributed by atoms with Crippen LogP contribution in [0.25, 0.3) is 0 Å². The van der Waals surface area contributed by atoms with Crippen molar-refractivity contribution < 1.29 is 8.44 Å². The maximum absolute atomic E-state index is 9.85. The molecule has 5 heteroatoms. The van der Waals surface area contributed by atoms with Crippen molar-refractivity contribution in [2.24, 2.45) is 0 Å². The van der Waals surface area contributed by atoms with E-state index in [9.17, 15) is 8.44 Å². The van der Waals surface area contributed by atoms with Crippen molar-refractivity contribution in [3.05, 3.63) is 0 Å². The van der Waals surface area contributed by atoms with Crippen LogP contribution in [0, 0.1) is 0 Å². The van der Waals surface area contributed by atoms with E-state index in [1.54, 1.807) is 0 Å². The molecule has 0 rings (SSSR count). The van der Waals surface area contributed by atoms with Crippen LogP contribution < -0.4 is 0 Å². The molecule has 0 fully saturated rings. The predicted molar refractivity (Wildman–Crippen MR) is 19.5 cm³/mol.